The van der Waals surface area contributed by atoms with Gasteiger partial charge in [-0.15, -0.1) is 0 Å². The number of nitrogens with zero attached hydrogens (tertiary/aromatic N) is 3. The Balaban J connectivity index is 1.55. The van der Waals surface area contributed by atoms with E-state index in [9.17, 15) is 14.7 Å². The Bertz CT molecular complexity index is 1320. The molecule has 2 N–H and O–H groups in total. The molecule has 5 rings (SSSR count). The first kappa shape index (κ1) is 22.4. The van der Waals surface area contributed by atoms with Gasteiger partial charge in [0.2, 0.25) is 5.43 Å². The number of phenols is 1. The van der Waals surface area contributed by atoms with Crippen molar-refractivity contribution >= 4 is 28.2 Å². The number of nitrogens with one attached hydrogen (secondary N) is 1. The van der Waals surface area contributed by atoms with Crippen molar-refractivity contribution in [3.05, 3.63) is 63.7 Å². The Morgan fingerprint density at radius 2 is 1.88 bits per heavy atom. The molecule has 0 unspecified atom stereocenters. The quantitative estimate of drug-likeness (QED) is 0.561. The maximum Gasteiger partial charge on any atom is 0.261 e. The highest BCUT2D eigenvalue weighted by Crippen LogP contribution is 2.38. The van der Waals surface area contributed by atoms with Crippen LogP contribution in [0.1, 0.15) is 41.7 Å². The summed E-state index contributed by atoms with van der Waals surface area (Å²) in [5, 5.41) is 12.9. The molecule has 1 aliphatic carbocycles. The molecule has 2 heterocycles. The fourth-order valence-corrected chi connectivity index (χ4v) is 4.66. The minimum Gasteiger partial charge on any atom is -0.506 e. The average molecular weight is 465 g/mol. The van der Waals surface area contributed by atoms with E-state index in [1.54, 1.807) is 24.4 Å². The van der Waals surface area contributed by atoms with E-state index in [0.29, 0.717) is 11.2 Å². The molecular weight excluding hydrogens is 435 g/mol. The van der Waals surface area contributed by atoms with Gasteiger partial charge in [0.15, 0.2) is 0 Å². The van der Waals surface area contributed by atoms with E-state index >= 15 is 4.39 Å². The van der Waals surface area contributed by atoms with Gasteiger partial charge in [0.25, 0.3) is 5.91 Å². The first-order valence-electron chi connectivity index (χ1n) is 11.8. The van der Waals surface area contributed by atoms with Gasteiger partial charge < -0.3 is 24.8 Å². The summed E-state index contributed by atoms with van der Waals surface area (Å²) in [4.78, 5) is 30.7. The number of anilines is 2. The summed E-state index contributed by atoms with van der Waals surface area (Å²) < 4.78 is 17.2. The summed E-state index contributed by atoms with van der Waals surface area (Å²) in [5.74, 6) is -1.16. The number of pyridine rings is 1. The largest absolute Gasteiger partial charge is 0.506 e. The van der Waals surface area contributed by atoms with Crippen LogP contribution < -0.4 is 15.6 Å². The first-order chi connectivity index (χ1) is 16.4. The van der Waals surface area contributed by atoms with Crippen molar-refractivity contribution in [2.45, 2.75) is 32.7 Å². The summed E-state index contributed by atoms with van der Waals surface area (Å²) in [6, 6.07) is 8.07. The molecule has 7 nitrogen and oxygen atoms in total. The smallest absolute Gasteiger partial charge is 0.261 e. The van der Waals surface area contributed by atoms with Crippen LogP contribution in [0.2, 0.25) is 0 Å². The monoisotopic (exact) mass is 464 g/mol. The Labute approximate surface area is 197 Å². The number of aryl methyl sites for hydroxylation is 1. The number of carbonyl (C=O) groups excluding carboxylic acids is 1. The molecule has 0 radical (unpaired) electrons. The van der Waals surface area contributed by atoms with Gasteiger partial charge >= 0.3 is 0 Å². The standard InChI is InChI=1S/C26H29FN4O3/c1-3-29-8-10-30(11-9-29)23-14-22-18(13-20(23)27)25(33)19(15-31(22)17-5-6-17)26(34)28-21-12-16(2)4-7-24(21)32/h4,7,12-15,17,32H,3,5-6,8-11H2,1-2H3,(H,28,34). The van der Waals surface area contributed by atoms with Crippen molar-refractivity contribution in [1.82, 2.24) is 9.47 Å². The van der Waals surface area contributed by atoms with Gasteiger partial charge in [-0.05, 0) is 56.1 Å². The fraction of sp³-hybridized carbons (Fsp3) is 0.385. The van der Waals surface area contributed by atoms with Crippen molar-refractivity contribution in [3.8, 4) is 5.75 Å². The third-order valence-electron chi connectivity index (χ3n) is 6.85. The predicted molar refractivity (Wildman–Crippen MR) is 132 cm³/mol. The topological polar surface area (TPSA) is 77.8 Å². The number of hydrogen-bond donors (Lipinski definition) is 2. The minimum absolute atomic E-state index is 0.0657. The third-order valence-corrected chi connectivity index (χ3v) is 6.85. The molecule has 0 spiro atoms. The van der Waals surface area contributed by atoms with Crippen LogP contribution in [-0.2, 0) is 0 Å². The number of aromatic nitrogens is 1. The van der Waals surface area contributed by atoms with Gasteiger partial charge in [-0.3, -0.25) is 9.59 Å². The fourth-order valence-electron chi connectivity index (χ4n) is 4.66. The van der Waals surface area contributed by atoms with Crippen molar-refractivity contribution in [1.29, 1.82) is 0 Å². The van der Waals surface area contributed by atoms with Crippen LogP contribution in [0.4, 0.5) is 15.8 Å². The Morgan fingerprint density at radius 3 is 2.56 bits per heavy atom. The first-order valence-corrected chi connectivity index (χ1v) is 11.8. The van der Waals surface area contributed by atoms with Crippen molar-refractivity contribution in [2.24, 2.45) is 0 Å². The summed E-state index contributed by atoms with van der Waals surface area (Å²) in [5.41, 5.74) is 1.66. The summed E-state index contributed by atoms with van der Waals surface area (Å²) in [6.07, 6.45) is 3.47. The second-order valence-corrected chi connectivity index (χ2v) is 9.23. The van der Waals surface area contributed by atoms with Crippen LogP contribution in [0.5, 0.6) is 5.75 Å². The van der Waals surface area contributed by atoms with Crippen LogP contribution in [-0.4, -0.2) is 53.2 Å². The lowest BCUT2D eigenvalue weighted by Crippen LogP contribution is -2.46. The number of piperazine rings is 1. The van der Waals surface area contributed by atoms with E-state index in [1.807, 2.05) is 16.4 Å². The molecule has 1 saturated heterocycles. The number of aromatic hydroxyl groups is 1. The lowest BCUT2D eigenvalue weighted by atomic mass is 10.1. The number of likely N-dealkylation sites (N-methyl/N-ethyl adjacent to an activating group) is 1. The molecule has 1 aromatic heterocycles. The van der Waals surface area contributed by atoms with E-state index in [0.717, 1.165) is 51.1 Å². The van der Waals surface area contributed by atoms with Crippen molar-refractivity contribution in [3.63, 3.8) is 0 Å². The summed E-state index contributed by atoms with van der Waals surface area (Å²) in [7, 11) is 0. The molecule has 2 fully saturated rings. The van der Waals surface area contributed by atoms with Gasteiger partial charge in [0.05, 0.1) is 16.9 Å². The number of rotatable bonds is 5. The molecular formula is C26H29FN4O3. The molecule has 1 saturated carbocycles. The summed E-state index contributed by atoms with van der Waals surface area (Å²) >= 11 is 0. The number of benzene rings is 2. The zero-order valence-corrected chi connectivity index (χ0v) is 19.5. The maximum atomic E-state index is 15.3. The highest BCUT2D eigenvalue weighted by atomic mass is 19.1. The highest BCUT2D eigenvalue weighted by Gasteiger charge is 2.28. The average Bonchev–Trinajstić information content (AvgIpc) is 3.67. The lowest BCUT2D eigenvalue weighted by molar-refractivity contribution is 0.102. The van der Waals surface area contributed by atoms with E-state index in [4.69, 9.17) is 0 Å². The number of phenolic OH excluding ortho intramolecular Hbond substituents is 1. The molecule has 1 aliphatic heterocycles. The van der Waals surface area contributed by atoms with Crippen LogP contribution in [0.25, 0.3) is 10.9 Å². The maximum absolute atomic E-state index is 15.3. The van der Waals surface area contributed by atoms with Crippen molar-refractivity contribution in [2.75, 3.05) is 42.9 Å². The molecule has 34 heavy (non-hydrogen) atoms. The number of halogens is 1. The molecule has 1 amide bonds. The lowest BCUT2D eigenvalue weighted by Gasteiger charge is -2.35. The van der Waals surface area contributed by atoms with Gasteiger partial charge in [0, 0.05) is 43.8 Å². The van der Waals surface area contributed by atoms with Gasteiger partial charge in [-0.2, -0.15) is 0 Å². The van der Waals surface area contributed by atoms with Crippen molar-refractivity contribution < 1.29 is 14.3 Å². The van der Waals surface area contributed by atoms with Crippen LogP contribution in [0, 0.1) is 12.7 Å². The van der Waals surface area contributed by atoms with E-state index in [2.05, 4.69) is 17.1 Å². The normalized spacial score (nSPS) is 16.7. The molecule has 2 aliphatic rings. The number of amides is 1. The molecule has 178 valence electrons. The van der Waals surface area contributed by atoms with Crippen LogP contribution in [0.3, 0.4) is 0 Å². The minimum atomic E-state index is -0.623. The van der Waals surface area contributed by atoms with Gasteiger partial charge in [0.1, 0.15) is 17.1 Å². The Hall–Kier alpha value is -3.39. The highest BCUT2D eigenvalue weighted by molar-refractivity contribution is 6.06. The summed E-state index contributed by atoms with van der Waals surface area (Å²) in [6.45, 7) is 8.13. The second-order valence-electron chi connectivity index (χ2n) is 9.23. The molecule has 0 atom stereocenters. The van der Waals surface area contributed by atoms with Crippen LogP contribution >= 0.6 is 0 Å². The SMILES string of the molecule is CCN1CCN(c2cc3c(cc2F)c(=O)c(C(=O)Nc2cc(C)ccc2O)cn3C2CC2)CC1. The zero-order valence-electron chi connectivity index (χ0n) is 19.5. The second kappa shape index (κ2) is 8.76. The van der Waals surface area contributed by atoms with E-state index in [1.165, 1.54) is 12.1 Å². The number of carbonyl (C=O) groups is 1. The Morgan fingerprint density at radius 1 is 1.15 bits per heavy atom. The molecule has 2 aromatic carbocycles. The number of hydrogen-bond acceptors (Lipinski definition) is 5. The molecule has 8 heteroatoms. The van der Waals surface area contributed by atoms with Gasteiger partial charge in [-0.25, -0.2) is 4.39 Å². The molecule has 0 bridgehead atoms. The zero-order chi connectivity index (χ0) is 24.0. The van der Waals surface area contributed by atoms with E-state index < -0.39 is 17.2 Å². The predicted octanol–water partition coefficient (Wildman–Crippen LogP) is 3.88. The van der Waals surface area contributed by atoms with Gasteiger partial charge in [-0.1, -0.05) is 13.0 Å². The number of fused-ring (bicyclic) bond motifs is 1. The van der Waals surface area contributed by atoms with Crippen LogP contribution in [0.15, 0.2) is 41.3 Å². The third kappa shape index (κ3) is 4.14. The Kier molecular flexibility index (Phi) is 5.77. The molecule has 3 aromatic rings. The van der Waals surface area contributed by atoms with E-state index in [-0.39, 0.29) is 28.4 Å².